The van der Waals surface area contributed by atoms with Crippen molar-refractivity contribution in [3.63, 3.8) is 0 Å². The molecular formula is C21H28BrN3O3S. The van der Waals surface area contributed by atoms with E-state index in [4.69, 9.17) is 9.47 Å². The number of nitrogens with zero attached hydrogens (tertiary/aromatic N) is 3. The first-order chi connectivity index (χ1) is 13.9. The van der Waals surface area contributed by atoms with Gasteiger partial charge in [-0.15, -0.1) is 0 Å². The molecule has 1 saturated heterocycles. The Morgan fingerprint density at radius 2 is 2.03 bits per heavy atom. The molecule has 0 unspecified atom stereocenters. The molecule has 1 aromatic carbocycles. The first kappa shape index (κ1) is 22.1. The maximum absolute atomic E-state index is 11.5. The number of rotatable bonds is 7. The molecule has 0 amide bonds. The molecule has 0 bridgehead atoms. The molecular weight excluding hydrogens is 454 g/mol. The van der Waals surface area contributed by atoms with Gasteiger partial charge in [-0.2, -0.15) is 0 Å². The monoisotopic (exact) mass is 481 g/mol. The van der Waals surface area contributed by atoms with Gasteiger partial charge in [-0.05, 0) is 53.9 Å². The molecule has 158 valence electrons. The number of piperazine rings is 1. The molecule has 0 N–H and O–H groups in total. The van der Waals surface area contributed by atoms with Crippen molar-refractivity contribution in [2.75, 3.05) is 38.3 Å². The minimum atomic E-state index is -0.243. The molecule has 8 heteroatoms. The van der Waals surface area contributed by atoms with E-state index in [0.717, 1.165) is 45.4 Å². The lowest BCUT2D eigenvalue weighted by Gasteiger charge is -2.44. The van der Waals surface area contributed by atoms with Gasteiger partial charge in [0.25, 0.3) is 0 Å². The van der Waals surface area contributed by atoms with Gasteiger partial charge in [-0.1, -0.05) is 23.5 Å². The van der Waals surface area contributed by atoms with Gasteiger partial charge in [0, 0.05) is 31.7 Å². The third-order valence-corrected chi connectivity index (χ3v) is 6.81. The van der Waals surface area contributed by atoms with E-state index in [0.29, 0.717) is 18.7 Å². The highest BCUT2D eigenvalue weighted by atomic mass is 79.9. The van der Waals surface area contributed by atoms with Crippen molar-refractivity contribution in [2.45, 2.75) is 39.3 Å². The van der Waals surface area contributed by atoms with Crippen LogP contribution in [-0.4, -0.2) is 61.3 Å². The van der Waals surface area contributed by atoms with Crippen LogP contribution in [0.4, 0.5) is 5.13 Å². The standard InChI is InChI=1S/C21H28BrN3O3S/c1-14-5-6-17(10-20(26)27-4)9-18(14)28-8-7-25-15(2)12-24(13-16(25)3)21-23-11-19(22)29-21/h5-6,9,11,15-16H,7-8,10,12-13H2,1-4H3/t15-,16+. The first-order valence-electron chi connectivity index (χ1n) is 9.78. The second-order valence-electron chi connectivity index (χ2n) is 7.49. The molecule has 0 spiro atoms. The SMILES string of the molecule is COC(=O)Cc1ccc(C)c(OCCN2[C@H](C)CN(c3ncc(Br)s3)C[C@@H]2C)c1. The normalized spacial score (nSPS) is 20.0. The Morgan fingerprint density at radius 3 is 2.66 bits per heavy atom. The van der Waals surface area contributed by atoms with E-state index < -0.39 is 0 Å². The Labute approximate surface area is 184 Å². The summed E-state index contributed by atoms with van der Waals surface area (Å²) in [5, 5.41) is 1.07. The molecule has 2 atom stereocenters. The summed E-state index contributed by atoms with van der Waals surface area (Å²) in [6, 6.07) is 6.70. The Balaban J connectivity index is 1.55. The minimum absolute atomic E-state index is 0.243. The van der Waals surface area contributed by atoms with Gasteiger partial charge in [-0.3, -0.25) is 9.69 Å². The smallest absolute Gasteiger partial charge is 0.309 e. The summed E-state index contributed by atoms with van der Waals surface area (Å²) in [7, 11) is 1.41. The topological polar surface area (TPSA) is 54.9 Å². The highest BCUT2D eigenvalue weighted by Gasteiger charge is 2.30. The lowest BCUT2D eigenvalue weighted by atomic mass is 10.1. The molecule has 2 aromatic rings. The molecule has 2 heterocycles. The largest absolute Gasteiger partial charge is 0.492 e. The summed E-state index contributed by atoms with van der Waals surface area (Å²) in [4.78, 5) is 20.9. The van der Waals surface area contributed by atoms with Crippen LogP contribution in [0, 0.1) is 6.92 Å². The van der Waals surface area contributed by atoms with Crippen LogP contribution in [-0.2, 0) is 16.0 Å². The Hall–Kier alpha value is -1.64. The van der Waals surface area contributed by atoms with Crippen molar-refractivity contribution in [3.05, 3.63) is 39.3 Å². The second kappa shape index (κ2) is 9.91. The van der Waals surface area contributed by atoms with Gasteiger partial charge in [-0.25, -0.2) is 4.98 Å². The average molecular weight is 482 g/mol. The predicted molar refractivity (Wildman–Crippen MR) is 120 cm³/mol. The van der Waals surface area contributed by atoms with Crippen LogP contribution in [0.2, 0.25) is 0 Å². The lowest BCUT2D eigenvalue weighted by molar-refractivity contribution is -0.139. The predicted octanol–water partition coefficient (Wildman–Crippen LogP) is 3.91. The number of aromatic nitrogens is 1. The fourth-order valence-corrected chi connectivity index (χ4v) is 4.96. The van der Waals surface area contributed by atoms with Crippen LogP contribution < -0.4 is 9.64 Å². The Kier molecular flexibility index (Phi) is 7.54. The van der Waals surface area contributed by atoms with Crippen LogP contribution in [0.15, 0.2) is 28.2 Å². The number of thiazole rings is 1. The molecule has 0 aliphatic carbocycles. The van der Waals surface area contributed by atoms with Crippen molar-refractivity contribution < 1.29 is 14.3 Å². The van der Waals surface area contributed by atoms with Crippen molar-refractivity contribution in [2.24, 2.45) is 0 Å². The number of hydrogen-bond donors (Lipinski definition) is 0. The second-order valence-corrected chi connectivity index (χ2v) is 9.88. The zero-order valence-electron chi connectivity index (χ0n) is 17.4. The quantitative estimate of drug-likeness (QED) is 0.558. The third-order valence-electron chi connectivity index (χ3n) is 5.27. The van der Waals surface area contributed by atoms with E-state index >= 15 is 0 Å². The molecule has 29 heavy (non-hydrogen) atoms. The fourth-order valence-electron chi connectivity index (χ4n) is 3.76. The summed E-state index contributed by atoms with van der Waals surface area (Å²) >= 11 is 5.18. The van der Waals surface area contributed by atoms with Gasteiger partial charge in [0.15, 0.2) is 5.13 Å². The van der Waals surface area contributed by atoms with Gasteiger partial charge >= 0.3 is 5.97 Å². The summed E-state index contributed by atoms with van der Waals surface area (Å²) in [5.41, 5.74) is 1.97. The number of anilines is 1. The maximum Gasteiger partial charge on any atom is 0.309 e. The van der Waals surface area contributed by atoms with E-state index in [-0.39, 0.29) is 12.4 Å². The van der Waals surface area contributed by atoms with E-state index in [1.807, 2.05) is 31.3 Å². The van der Waals surface area contributed by atoms with Crippen LogP contribution in [0.3, 0.4) is 0 Å². The fraction of sp³-hybridized carbons (Fsp3) is 0.524. The summed E-state index contributed by atoms with van der Waals surface area (Å²) in [6.07, 6.45) is 2.13. The molecule has 1 aliphatic heterocycles. The van der Waals surface area contributed by atoms with Crippen LogP contribution >= 0.6 is 27.3 Å². The Morgan fingerprint density at radius 1 is 1.31 bits per heavy atom. The highest BCUT2D eigenvalue weighted by Crippen LogP contribution is 2.29. The van der Waals surface area contributed by atoms with Crippen molar-refractivity contribution in [3.8, 4) is 5.75 Å². The number of benzene rings is 1. The third kappa shape index (κ3) is 5.71. The van der Waals surface area contributed by atoms with E-state index in [2.05, 4.69) is 44.6 Å². The van der Waals surface area contributed by atoms with Gasteiger partial charge in [0.2, 0.25) is 0 Å². The number of aryl methyl sites for hydroxylation is 1. The first-order valence-corrected chi connectivity index (χ1v) is 11.4. The number of methoxy groups -OCH3 is 1. The number of carbonyl (C=O) groups excluding carboxylic acids is 1. The van der Waals surface area contributed by atoms with Gasteiger partial charge < -0.3 is 14.4 Å². The van der Waals surface area contributed by atoms with Crippen LogP contribution in [0.1, 0.15) is 25.0 Å². The zero-order valence-corrected chi connectivity index (χ0v) is 19.8. The van der Waals surface area contributed by atoms with Gasteiger partial charge in [0.1, 0.15) is 12.4 Å². The Bertz CT molecular complexity index is 832. The highest BCUT2D eigenvalue weighted by molar-refractivity contribution is 9.11. The molecule has 1 fully saturated rings. The van der Waals surface area contributed by atoms with E-state index in [1.54, 1.807) is 11.3 Å². The number of ether oxygens (including phenoxy) is 2. The molecule has 1 aromatic heterocycles. The zero-order chi connectivity index (χ0) is 21.0. The van der Waals surface area contributed by atoms with Crippen molar-refractivity contribution >= 4 is 38.4 Å². The maximum atomic E-state index is 11.5. The number of hydrogen-bond acceptors (Lipinski definition) is 7. The van der Waals surface area contributed by atoms with Crippen molar-refractivity contribution in [1.82, 2.24) is 9.88 Å². The molecule has 3 rings (SSSR count). The number of carbonyl (C=O) groups is 1. The van der Waals surface area contributed by atoms with Gasteiger partial charge in [0.05, 0.1) is 23.5 Å². The number of esters is 1. The molecule has 6 nitrogen and oxygen atoms in total. The van der Waals surface area contributed by atoms with Crippen LogP contribution in [0.25, 0.3) is 0 Å². The average Bonchev–Trinajstić information content (AvgIpc) is 3.12. The van der Waals surface area contributed by atoms with E-state index in [1.165, 1.54) is 7.11 Å². The molecule has 1 aliphatic rings. The summed E-state index contributed by atoms with van der Waals surface area (Å²) in [5.74, 6) is 0.588. The summed E-state index contributed by atoms with van der Waals surface area (Å²) in [6.45, 7) is 9.92. The minimum Gasteiger partial charge on any atom is -0.492 e. The number of halogens is 1. The molecule has 0 saturated carbocycles. The van der Waals surface area contributed by atoms with E-state index in [9.17, 15) is 4.79 Å². The lowest BCUT2D eigenvalue weighted by Crippen LogP contribution is -2.57. The molecule has 0 radical (unpaired) electrons. The van der Waals surface area contributed by atoms with Crippen molar-refractivity contribution in [1.29, 1.82) is 0 Å². The summed E-state index contributed by atoms with van der Waals surface area (Å²) < 4.78 is 11.9. The van der Waals surface area contributed by atoms with Crippen LogP contribution in [0.5, 0.6) is 5.75 Å².